The van der Waals surface area contributed by atoms with E-state index in [2.05, 4.69) is 15.3 Å². The average Bonchev–Trinajstić information content (AvgIpc) is 3.24. The fourth-order valence-corrected chi connectivity index (χ4v) is 3.06. The third-order valence-corrected chi connectivity index (χ3v) is 4.61. The third-order valence-electron chi connectivity index (χ3n) is 4.61. The number of hydrogen-bond donors (Lipinski definition) is 1. The molecule has 8 heteroatoms. The summed E-state index contributed by atoms with van der Waals surface area (Å²) in [5.41, 5.74) is 0.788. The molecule has 0 saturated carbocycles. The first-order chi connectivity index (χ1) is 13.1. The van der Waals surface area contributed by atoms with Crippen LogP contribution in [0, 0.1) is 0 Å². The van der Waals surface area contributed by atoms with Crippen LogP contribution >= 0.6 is 0 Å². The molecular formula is C19H26N4O4. The number of amides is 1. The summed E-state index contributed by atoms with van der Waals surface area (Å²) < 4.78 is 16.0. The minimum atomic E-state index is -0.279. The van der Waals surface area contributed by atoms with Gasteiger partial charge >= 0.3 is 0 Å². The minimum Gasteiger partial charge on any atom is -0.493 e. The zero-order valence-electron chi connectivity index (χ0n) is 16.0. The highest BCUT2D eigenvalue weighted by atomic mass is 16.5. The summed E-state index contributed by atoms with van der Waals surface area (Å²) in [7, 11) is 5.14. The molecule has 8 nitrogen and oxygen atoms in total. The van der Waals surface area contributed by atoms with Crippen LogP contribution in [-0.2, 0) is 9.53 Å². The Morgan fingerprint density at radius 2 is 2.11 bits per heavy atom. The third kappa shape index (κ3) is 4.57. The van der Waals surface area contributed by atoms with Gasteiger partial charge in [0.25, 0.3) is 0 Å². The molecule has 1 amide bonds. The van der Waals surface area contributed by atoms with Gasteiger partial charge in [0.05, 0.1) is 19.7 Å². The van der Waals surface area contributed by atoms with Crippen LogP contribution in [0.2, 0.25) is 0 Å². The molecule has 2 aromatic rings. The van der Waals surface area contributed by atoms with Gasteiger partial charge in [0.1, 0.15) is 6.10 Å². The van der Waals surface area contributed by atoms with Crippen molar-refractivity contribution < 1.29 is 19.0 Å². The molecule has 1 N–H and O–H groups in total. The number of rotatable bonds is 8. The van der Waals surface area contributed by atoms with E-state index in [1.807, 2.05) is 24.1 Å². The summed E-state index contributed by atoms with van der Waals surface area (Å²) in [5.74, 6) is 1.89. The second-order valence-corrected chi connectivity index (χ2v) is 6.50. The van der Waals surface area contributed by atoms with E-state index in [-0.39, 0.29) is 12.0 Å². The summed E-state index contributed by atoms with van der Waals surface area (Å²) in [6.45, 7) is 2.00. The summed E-state index contributed by atoms with van der Waals surface area (Å²) in [4.78, 5) is 22.9. The van der Waals surface area contributed by atoms with Crippen LogP contribution in [0.4, 0.5) is 5.95 Å². The van der Waals surface area contributed by atoms with Crippen molar-refractivity contribution in [1.82, 2.24) is 15.3 Å². The SMILES string of the molecule is COc1cc2cnc(N(C)CCCNC(=O)C3CCCO3)nc2cc1OC. The predicted molar refractivity (Wildman–Crippen MR) is 103 cm³/mol. The quantitative estimate of drug-likeness (QED) is 0.705. The molecule has 1 aliphatic heterocycles. The fourth-order valence-electron chi connectivity index (χ4n) is 3.06. The first-order valence-electron chi connectivity index (χ1n) is 9.11. The number of nitrogens with zero attached hydrogens (tertiary/aromatic N) is 3. The molecule has 1 aromatic carbocycles. The monoisotopic (exact) mass is 374 g/mol. The largest absolute Gasteiger partial charge is 0.493 e. The number of fused-ring (bicyclic) bond motifs is 1. The van der Waals surface area contributed by atoms with Gasteiger partial charge in [-0.15, -0.1) is 0 Å². The van der Waals surface area contributed by atoms with Crippen LogP contribution in [0.25, 0.3) is 10.9 Å². The Kier molecular flexibility index (Phi) is 6.28. The Morgan fingerprint density at radius 1 is 1.33 bits per heavy atom. The molecule has 2 heterocycles. The van der Waals surface area contributed by atoms with Crippen LogP contribution in [0.1, 0.15) is 19.3 Å². The van der Waals surface area contributed by atoms with E-state index in [1.165, 1.54) is 0 Å². The van der Waals surface area contributed by atoms with Gasteiger partial charge in [-0.05, 0) is 25.3 Å². The number of nitrogens with one attached hydrogen (secondary N) is 1. The summed E-state index contributed by atoms with van der Waals surface area (Å²) in [6, 6.07) is 3.70. The van der Waals surface area contributed by atoms with Crippen molar-refractivity contribution in [2.75, 3.05) is 45.9 Å². The maximum atomic E-state index is 11.9. The normalized spacial score (nSPS) is 16.3. The number of hydrogen-bond acceptors (Lipinski definition) is 7. The van der Waals surface area contributed by atoms with E-state index in [4.69, 9.17) is 14.2 Å². The highest BCUT2D eigenvalue weighted by Crippen LogP contribution is 2.31. The number of carbonyl (C=O) groups is 1. The summed E-state index contributed by atoms with van der Waals surface area (Å²) in [5, 5.41) is 3.81. The molecule has 1 aliphatic rings. The Balaban J connectivity index is 1.56. The van der Waals surface area contributed by atoms with Gasteiger partial charge in [-0.2, -0.15) is 0 Å². The molecule has 0 aliphatic carbocycles. The lowest BCUT2D eigenvalue weighted by Crippen LogP contribution is -2.36. The van der Waals surface area contributed by atoms with Gasteiger partial charge in [-0.3, -0.25) is 4.79 Å². The molecule has 1 fully saturated rings. The molecule has 1 saturated heterocycles. The number of aromatic nitrogens is 2. The lowest BCUT2D eigenvalue weighted by molar-refractivity contribution is -0.130. The number of benzene rings is 1. The van der Waals surface area contributed by atoms with E-state index in [0.29, 0.717) is 30.6 Å². The van der Waals surface area contributed by atoms with Crippen LogP contribution in [-0.4, -0.2) is 62.9 Å². The topological polar surface area (TPSA) is 85.8 Å². The second kappa shape index (κ2) is 8.85. The van der Waals surface area contributed by atoms with Gasteiger partial charge in [-0.1, -0.05) is 0 Å². The molecule has 0 bridgehead atoms. The van der Waals surface area contributed by atoms with E-state index in [1.54, 1.807) is 20.4 Å². The molecule has 27 heavy (non-hydrogen) atoms. The van der Waals surface area contributed by atoms with Crippen molar-refractivity contribution in [3.63, 3.8) is 0 Å². The second-order valence-electron chi connectivity index (χ2n) is 6.50. The maximum Gasteiger partial charge on any atom is 0.249 e. The Bertz CT molecular complexity index is 793. The first kappa shape index (κ1) is 19.2. The van der Waals surface area contributed by atoms with Gasteiger partial charge in [0.2, 0.25) is 11.9 Å². The molecule has 1 unspecified atom stereocenters. The Hall–Kier alpha value is -2.61. The predicted octanol–water partition coefficient (Wildman–Crippen LogP) is 1.77. The maximum absolute atomic E-state index is 11.9. The summed E-state index contributed by atoms with van der Waals surface area (Å²) >= 11 is 0. The van der Waals surface area contributed by atoms with E-state index in [0.717, 1.165) is 36.7 Å². The molecular weight excluding hydrogens is 348 g/mol. The Morgan fingerprint density at radius 3 is 2.81 bits per heavy atom. The molecule has 1 atom stereocenters. The van der Waals surface area contributed by atoms with Crippen LogP contribution in [0.5, 0.6) is 11.5 Å². The molecule has 146 valence electrons. The van der Waals surface area contributed by atoms with Crippen molar-refractivity contribution >= 4 is 22.8 Å². The van der Waals surface area contributed by atoms with Crippen LogP contribution in [0.3, 0.4) is 0 Å². The minimum absolute atomic E-state index is 0.0156. The van der Waals surface area contributed by atoms with Crippen molar-refractivity contribution in [3.8, 4) is 11.5 Å². The number of anilines is 1. The zero-order valence-corrected chi connectivity index (χ0v) is 16.0. The number of methoxy groups -OCH3 is 2. The van der Waals surface area contributed by atoms with Crippen molar-refractivity contribution in [2.45, 2.75) is 25.4 Å². The average molecular weight is 374 g/mol. The van der Waals surface area contributed by atoms with Gasteiger partial charge in [-0.25, -0.2) is 9.97 Å². The van der Waals surface area contributed by atoms with E-state index >= 15 is 0 Å². The summed E-state index contributed by atoms with van der Waals surface area (Å²) in [6.07, 6.45) is 4.05. The lowest BCUT2D eigenvalue weighted by atomic mass is 10.2. The van der Waals surface area contributed by atoms with Gasteiger partial charge < -0.3 is 24.4 Å². The van der Waals surface area contributed by atoms with E-state index in [9.17, 15) is 4.79 Å². The highest BCUT2D eigenvalue weighted by molar-refractivity contribution is 5.83. The van der Waals surface area contributed by atoms with Crippen molar-refractivity contribution in [3.05, 3.63) is 18.3 Å². The highest BCUT2D eigenvalue weighted by Gasteiger charge is 2.22. The van der Waals surface area contributed by atoms with Gasteiger partial charge in [0.15, 0.2) is 11.5 Å². The number of carbonyl (C=O) groups excluding carboxylic acids is 1. The van der Waals surface area contributed by atoms with Crippen LogP contribution in [0.15, 0.2) is 18.3 Å². The molecule has 0 spiro atoms. The smallest absolute Gasteiger partial charge is 0.249 e. The Labute approximate surface area is 158 Å². The number of ether oxygens (including phenoxy) is 3. The molecule has 0 radical (unpaired) electrons. The lowest BCUT2D eigenvalue weighted by Gasteiger charge is -2.18. The standard InChI is InChI=1S/C19H26N4O4/c1-23(8-5-7-20-18(24)15-6-4-9-27-15)19-21-12-13-10-16(25-2)17(26-3)11-14(13)22-19/h10-12,15H,4-9H2,1-3H3,(H,20,24). The van der Waals surface area contributed by atoms with Crippen molar-refractivity contribution in [1.29, 1.82) is 0 Å². The van der Waals surface area contributed by atoms with Gasteiger partial charge in [0, 0.05) is 44.4 Å². The first-order valence-corrected chi connectivity index (χ1v) is 9.11. The molecule has 1 aromatic heterocycles. The zero-order chi connectivity index (χ0) is 19.2. The van der Waals surface area contributed by atoms with E-state index < -0.39 is 0 Å². The molecule has 3 rings (SSSR count). The van der Waals surface area contributed by atoms with Crippen LogP contribution < -0.4 is 19.7 Å². The van der Waals surface area contributed by atoms with Crippen molar-refractivity contribution in [2.24, 2.45) is 0 Å². The fraction of sp³-hybridized carbons (Fsp3) is 0.526.